The smallest absolute Gasteiger partial charge is 0.164 e. The predicted octanol–water partition coefficient (Wildman–Crippen LogP) is 2.05. The van der Waals surface area contributed by atoms with E-state index in [4.69, 9.17) is 6.42 Å². The molecular formula is C10H11FN2. The van der Waals surface area contributed by atoms with Crippen LogP contribution in [0.4, 0.5) is 10.1 Å². The molecule has 2 nitrogen and oxygen atoms in total. The van der Waals surface area contributed by atoms with Gasteiger partial charge in [-0.2, -0.15) is 0 Å². The molecule has 68 valence electrons. The molecule has 0 bridgehead atoms. The lowest BCUT2D eigenvalue weighted by Crippen LogP contribution is -2.02. The van der Waals surface area contributed by atoms with Crippen LogP contribution >= 0.6 is 0 Å². The third-order valence-electron chi connectivity index (χ3n) is 1.59. The van der Waals surface area contributed by atoms with Gasteiger partial charge in [-0.3, -0.25) is 4.98 Å². The predicted molar refractivity (Wildman–Crippen MR) is 50.8 cm³/mol. The number of halogens is 1. The summed E-state index contributed by atoms with van der Waals surface area (Å²) >= 11 is 0. The number of hydrogen-bond donors (Lipinski definition) is 1. The molecule has 1 heterocycles. The molecule has 0 aromatic carbocycles. The summed E-state index contributed by atoms with van der Waals surface area (Å²) < 4.78 is 12.9. The Bertz CT molecular complexity index is 304. The van der Waals surface area contributed by atoms with Crippen molar-refractivity contribution in [3.05, 3.63) is 24.3 Å². The number of pyridine rings is 1. The van der Waals surface area contributed by atoms with E-state index in [1.807, 2.05) is 0 Å². The molecule has 1 rings (SSSR count). The van der Waals surface area contributed by atoms with Gasteiger partial charge in [-0.25, -0.2) is 4.39 Å². The van der Waals surface area contributed by atoms with Crippen LogP contribution in [0.2, 0.25) is 0 Å². The van der Waals surface area contributed by atoms with Gasteiger partial charge in [-0.1, -0.05) is 0 Å². The quantitative estimate of drug-likeness (QED) is 0.563. The SMILES string of the molecule is C#CCCCNc1ccncc1F. The molecule has 3 heteroatoms. The molecule has 1 aromatic rings. The average Bonchev–Trinajstić information content (AvgIpc) is 2.15. The summed E-state index contributed by atoms with van der Waals surface area (Å²) in [6.07, 6.45) is 9.36. The number of anilines is 1. The van der Waals surface area contributed by atoms with Crippen LogP contribution in [0, 0.1) is 18.2 Å². The zero-order valence-corrected chi connectivity index (χ0v) is 7.26. The summed E-state index contributed by atoms with van der Waals surface area (Å²) in [5, 5.41) is 2.94. The molecule has 13 heavy (non-hydrogen) atoms. The van der Waals surface area contributed by atoms with Crippen LogP contribution in [0.15, 0.2) is 18.5 Å². The minimum Gasteiger partial charge on any atom is -0.383 e. The largest absolute Gasteiger partial charge is 0.383 e. The van der Waals surface area contributed by atoms with E-state index in [0.29, 0.717) is 18.7 Å². The molecule has 0 spiro atoms. The van der Waals surface area contributed by atoms with E-state index in [1.54, 1.807) is 12.3 Å². The van der Waals surface area contributed by atoms with Crippen LogP contribution in [-0.2, 0) is 0 Å². The Morgan fingerprint density at radius 1 is 1.62 bits per heavy atom. The number of nitrogens with zero attached hydrogens (tertiary/aromatic N) is 1. The van der Waals surface area contributed by atoms with E-state index in [-0.39, 0.29) is 5.82 Å². The number of nitrogens with one attached hydrogen (secondary N) is 1. The van der Waals surface area contributed by atoms with E-state index >= 15 is 0 Å². The molecule has 0 saturated heterocycles. The summed E-state index contributed by atoms with van der Waals surface area (Å²) in [5.41, 5.74) is 0.479. The molecule has 0 atom stereocenters. The number of rotatable bonds is 4. The van der Waals surface area contributed by atoms with Gasteiger partial charge in [0.15, 0.2) is 5.82 Å². The van der Waals surface area contributed by atoms with Gasteiger partial charge in [0.05, 0.1) is 11.9 Å². The van der Waals surface area contributed by atoms with Crippen LogP contribution in [0.25, 0.3) is 0 Å². The third-order valence-corrected chi connectivity index (χ3v) is 1.59. The van der Waals surface area contributed by atoms with Crippen molar-refractivity contribution in [3.63, 3.8) is 0 Å². The van der Waals surface area contributed by atoms with Gasteiger partial charge < -0.3 is 5.32 Å². The molecule has 0 unspecified atom stereocenters. The molecule has 0 saturated carbocycles. The van der Waals surface area contributed by atoms with Gasteiger partial charge in [0.25, 0.3) is 0 Å². The normalized spacial score (nSPS) is 9.23. The zero-order valence-electron chi connectivity index (χ0n) is 7.26. The molecule has 0 aliphatic carbocycles. The van der Waals surface area contributed by atoms with Crippen molar-refractivity contribution in [1.29, 1.82) is 0 Å². The van der Waals surface area contributed by atoms with Gasteiger partial charge >= 0.3 is 0 Å². The zero-order chi connectivity index (χ0) is 9.52. The van der Waals surface area contributed by atoms with Gasteiger partial charge in [-0.15, -0.1) is 12.3 Å². The molecule has 0 aliphatic heterocycles. The average molecular weight is 178 g/mol. The summed E-state index contributed by atoms with van der Waals surface area (Å²) in [6.45, 7) is 0.686. The molecule has 1 aromatic heterocycles. The Hall–Kier alpha value is -1.56. The Morgan fingerprint density at radius 2 is 2.46 bits per heavy atom. The van der Waals surface area contributed by atoms with E-state index in [2.05, 4.69) is 16.2 Å². The van der Waals surface area contributed by atoms with Crippen molar-refractivity contribution < 1.29 is 4.39 Å². The fourth-order valence-corrected chi connectivity index (χ4v) is 0.932. The second kappa shape index (κ2) is 5.15. The van der Waals surface area contributed by atoms with Gasteiger partial charge in [0, 0.05) is 19.2 Å². The maximum atomic E-state index is 12.9. The Balaban J connectivity index is 2.37. The highest BCUT2D eigenvalue weighted by atomic mass is 19.1. The van der Waals surface area contributed by atoms with Crippen molar-refractivity contribution in [2.24, 2.45) is 0 Å². The lowest BCUT2D eigenvalue weighted by Gasteiger charge is -2.04. The Kier molecular flexibility index (Phi) is 3.77. The molecule has 0 amide bonds. The topological polar surface area (TPSA) is 24.9 Å². The highest BCUT2D eigenvalue weighted by Gasteiger charge is 1.98. The third kappa shape index (κ3) is 3.12. The van der Waals surface area contributed by atoms with Crippen molar-refractivity contribution in [1.82, 2.24) is 4.98 Å². The van der Waals surface area contributed by atoms with Gasteiger partial charge in [0.1, 0.15) is 0 Å². The second-order valence-corrected chi connectivity index (χ2v) is 2.59. The summed E-state index contributed by atoms with van der Waals surface area (Å²) in [5.74, 6) is 2.19. The molecule has 0 aliphatic rings. The van der Waals surface area contributed by atoms with Crippen molar-refractivity contribution in [2.45, 2.75) is 12.8 Å². The second-order valence-electron chi connectivity index (χ2n) is 2.59. The van der Waals surface area contributed by atoms with E-state index < -0.39 is 0 Å². The fraction of sp³-hybridized carbons (Fsp3) is 0.300. The van der Waals surface area contributed by atoms with E-state index in [9.17, 15) is 4.39 Å². The molecule has 0 fully saturated rings. The molecular weight excluding hydrogens is 167 g/mol. The first kappa shape index (κ1) is 9.53. The maximum Gasteiger partial charge on any atom is 0.164 e. The van der Waals surface area contributed by atoms with Crippen LogP contribution in [0.1, 0.15) is 12.8 Å². The minimum atomic E-state index is -0.330. The van der Waals surface area contributed by atoms with Gasteiger partial charge in [0.2, 0.25) is 0 Å². The van der Waals surface area contributed by atoms with Crippen LogP contribution in [0.3, 0.4) is 0 Å². The van der Waals surface area contributed by atoms with E-state index in [0.717, 1.165) is 6.42 Å². The highest BCUT2D eigenvalue weighted by molar-refractivity contribution is 5.42. The lowest BCUT2D eigenvalue weighted by atomic mass is 10.3. The fourth-order valence-electron chi connectivity index (χ4n) is 0.932. The van der Waals surface area contributed by atoms with Crippen LogP contribution in [-0.4, -0.2) is 11.5 Å². The highest BCUT2D eigenvalue weighted by Crippen LogP contribution is 2.10. The lowest BCUT2D eigenvalue weighted by molar-refractivity contribution is 0.623. The summed E-state index contributed by atoms with van der Waals surface area (Å²) in [7, 11) is 0. The maximum absolute atomic E-state index is 12.9. The first-order valence-corrected chi connectivity index (χ1v) is 4.11. The molecule has 1 N–H and O–H groups in total. The Morgan fingerprint density at radius 3 is 3.15 bits per heavy atom. The number of unbranched alkanes of at least 4 members (excludes halogenated alkanes) is 1. The van der Waals surface area contributed by atoms with Crippen LogP contribution < -0.4 is 5.32 Å². The van der Waals surface area contributed by atoms with Crippen LogP contribution in [0.5, 0.6) is 0 Å². The van der Waals surface area contributed by atoms with Crippen molar-refractivity contribution in [2.75, 3.05) is 11.9 Å². The first-order chi connectivity index (χ1) is 6.34. The monoisotopic (exact) mass is 178 g/mol. The Labute approximate surface area is 77.2 Å². The van der Waals surface area contributed by atoms with Gasteiger partial charge in [-0.05, 0) is 12.5 Å². The van der Waals surface area contributed by atoms with Crippen molar-refractivity contribution in [3.8, 4) is 12.3 Å². The molecule has 0 radical (unpaired) electrons. The van der Waals surface area contributed by atoms with Crippen molar-refractivity contribution >= 4 is 5.69 Å². The standard InChI is InChI=1S/C10H11FN2/c1-2-3-4-6-13-10-5-7-12-8-9(10)11/h1,5,7-8H,3-4,6H2,(H,12,13). The summed E-state index contributed by atoms with van der Waals surface area (Å²) in [4.78, 5) is 3.64. The van der Waals surface area contributed by atoms with E-state index in [1.165, 1.54) is 6.20 Å². The number of aromatic nitrogens is 1. The number of hydrogen-bond acceptors (Lipinski definition) is 2. The first-order valence-electron chi connectivity index (χ1n) is 4.11. The number of terminal acetylenes is 1. The minimum absolute atomic E-state index is 0.330. The summed E-state index contributed by atoms with van der Waals surface area (Å²) in [6, 6.07) is 1.60.